The van der Waals surface area contributed by atoms with E-state index in [1.54, 1.807) is 11.8 Å². The molecule has 0 saturated carbocycles. The molecule has 2 aromatic rings. The van der Waals surface area contributed by atoms with Crippen molar-refractivity contribution >= 4 is 18.0 Å². The molecule has 1 aliphatic carbocycles. The Hall–Kier alpha value is -3.39. The maximum Gasteiger partial charge on any atom is 0.407 e. The molecule has 1 saturated heterocycles. The van der Waals surface area contributed by atoms with E-state index in [0.717, 1.165) is 11.1 Å². The van der Waals surface area contributed by atoms with Gasteiger partial charge in [-0.15, -0.1) is 0 Å². The maximum atomic E-state index is 12.8. The van der Waals surface area contributed by atoms with Gasteiger partial charge in [-0.3, -0.25) is 14.5 Å². The van der Waals surface area contributed by atoms with Gasteiger partial charge in [-0.1, -0.05) is 55.5 Å². The van der Waals surface area contributed by atoms with Crippen molar-refractivity contribution in [3.05, 3.63) is 59.7 Å². The number of ether oxygens (including phenoxy) is 1. The second-order valence-corrected chi connectivity index (χ2v) is 9.21. The van der Waals surface area contributed by atoms with Crippen LogP contribution in [0, 0.1) is 0 Å². The Labute approximate surface area is 205 Å². The first-order chi connectivity index (χ1) is 16.9. The minimum Gasteiger partial charge on any atom is -0.480 e. The van der Waals surface area contributed by atoms with Gasteiger partial charge in [0, 0.05) is 44.6 Å². The van der Waals surface area contributed by atoms with E-state index in [1.807, 2.05) is 36.1 Å². The van der Waals surface area contributed by atoms with E-state index in [1.165, 1.54) is 11.1 Å². The fraction of sp³-hybridized carbons (Fsp3) is 0.444. The smallest absolute Gasteiger partial charge is 0.407 e. The van der Waals surface area contributed by atoms with Crippen LogP contribution in [0.15, 0.2) is 48.5 Å². The molecule has 186 valence electrons. The van der Waals surface area contributed by atoms with E-state index in [4.69, 9.17) is 4.74 Å². The first kappa shape index (κ1) is 24.7. The summed E-state index contributed by atoms with van der Waals surface area (Å²) in [5.74, 6) is -0.916. The molecule has 0 spiro atoms. The number of amides is 2. The van der Waals surface area contributed by atoms with Crippen LogP contribution in [-0.2, 0) is 14.3 Å². The zero-order chi connectivity index (χ0) is 24.9. The van der Waals surface area contributed by atoms with E-state index in [2.05, 4.69) is 29.6 Å². The summed E-state index contributed by atoms with van der Waals surface area (Å²) in [6.07, 6.45) is 0.271. The van der Waals surface area contributed by atoms with Crippen LogP contribution in [0.5, 0.6) is 0 Å². The van der Waals surface area contributed by atoms with Crippen molar-refractivity contribution in [2.24, 2.45) is 0 Å². The number of piperazine rings is 1. The van der Waals surface area contributed by atoms with E-state index in [9.17, 15) is 19.5 Å². The molecule has 1 aliphatic heterocycles. The zero-order valence-corrected chi connectivity index (χ0v) is 20.3. The molecule has 1 heterocycles. The molecule has 4 rings (SSSR count). The summed E-state index contributed by atoms with van der Waals surface area (Å²) < 4.78 is 5.62. The van der Waals surface area contributed by atoms with Gasteiger partial charge in [-0.25, -0.2) is 4.79 Å². The molecule has 35 heavy (non-hydrogen) atoms. The van der Waals surface area contributed by atoms with Crippen LogP contribution in [0.4, 0.5) is 4.79 Å². The summed E-state index contributed by atoms with van der Waals surface area (Å²) >= 11 is 0. The van der Waals surface area contributed by atoms with E-state index in [0.29, 0.717) is 32.6 Å². The highest BCUT2D eigenvalue weighted by Gasteiger charge is 2.30. The minimum atomic E-state index is -0.858. The van der Waals surface area contributed by atoms with Gasteiger partial charge < -0.3 is 20.1 Å². The molecule has 2 amide bonds. The molecule has 2 aromatic carbocycles. The van der Waals surface area contributed by atoms with Crippen LogP contribution in [0.3, 0.4) is 0 Å². The summed E-state index contributed by atoms with van der Waals surface area (Å²) in [5.41, 5.74) is 4.65. The van der Waals surface area contributed by atoms with Crippen molar-refractivity contribution in [2.75, 3.05) is 32.8 Å². The van der Waals surface area contributed by atoms with Crippen LogP contribution in [0.25, 0.3) is 11.1 Å². The number of alkyl carbamates (subject to hydrolysis) is 1. The third kappa shape index (κ3) is 5.48. The second-order valence-electron chi connectivity index (χ2n) is 9.21. The number of carboxylic acids is 1. The summed E-state index contributed by atoms with van der Waals surface area (Å²) in [5, 5.41) is 12.0. The number of aliphatic carboxylic acids is 1. The number of carboxylic acid groups (broad SMARTS) is 1. The van der Waals surface area contributed by atoms with Crippen LogP contribution in [0.2, 0.25) is 0 Å². The monoisotopic (exact) mass is 479 g/mol. The third-order valence-corrected chi connectivity index (χ3v) is 7.15. The van der Waals surface area contributed by atoms with E-state index < -0.39 is 18.1 Å². The Bertz CT molecular complexity index is 1030. The van der Waals surface area contributed by atoms with Gasteiger partial charge in [0.05, 0.1) is 0 Å². The maximum absolute atomic E-state index is 12.8. The van der Waals surface area contributed by atoms with Crippen LogP contribution >= 0.6 is 0 Å². The zero-order valence-electron chi connectivity index (χ0n) is 20.3. The SMILES string of the molecule is CC[C@H](CC(=O)N1CCN(C(C)C(=O)O)CC1)NC(=O)OCC1c2ccccc2-c2ccccc21. The number of rotatable bonds is 8. The van der Waals surface area contributed by atoms with Gasteiger partial charge in [-0.2, -0.15) is 0 Å². The average molecular weight is 480 g/mol. The Balaban J connectivity index is 1.28. The number of hydrogen-bond acceptors (Lipinski definition) is 5. The van der Waals surface area contributed by atoms with Gasteiger partial charge in [-0.05, 0) is 35.6 Å². The molecule has 0 aromatic heterocycles. The van der Waals surface area contributed by atoms with Gasteiger partial charge in [0.1, 0.15) is 12.6 Å². The normalized spacial score (nSPS) is 17.3. The van der Waals surface area contributed by atoms with Crippen molar-refractivity contribution in [1.29, 1.82) is 0 Å². The average Bonchev–Trinajstić information content (AvgIpc) is 3.20. The lowest BCUT2D eigenvalue weighted by molar-refractivity contribution is -0.144. The van der Waals surface area contributed by atoms with E-state index >= 15 is 0 Å². The number of nitrogens with one attached hydrogen (secondary N) is 1. The Morgan fingerprint density at radius 3 is 2.11 bits per heavy atom. The van der Waals surface area contributed by atoms with Crippen LogP contribution in [0.1, 0.15) is 43.7 Å². The summed E-state index contributed by atoms with van der Waals surface area (Å²) in [4.78, 5) is 40.2. The number of carbonyl (C=O) groups is 3. The Morgan fingerprint density at radius 2 is 1.57 bits per heavy atom. The highest BCUT2D eigenvalue weighted by atomic mass is 16.5. The van der Waals surface area contributed by atoms with Gasteiger partial charge in [0.15, 0.2) is 0 Å². The highest BCUT2D eigenvalue weighted by Crippen LogP contribution is 2.44. The van der Waals surface area contributed by atoms with Gasteiger partial charge in [0.2, 0.25) is 5.91 Å². The molecule has 0 bridgehead atoms. The minimum absolute atomic E-state index is 0.0145. The molecule has 0 radical (unpaired) electrons. The molecule has 2 N–H and O–H groups in total. The third-order valence-electron chi connectivity index (χ3n) is 7.15. The number of nitrogens with zero attached hydrogens (tertiary/aromatic N) is 2. The number of benzene rings is 2. The molecule has 2 atom stereocenters. The predicted molar refractivity (Wildman–Crippen MR) is 132 cm³/mol. The quantitative estimate of drug-likeness (QED) is 0.603. The lowest BCUT2D eigenvalue weighted by Crippen LogP contribution is -2.53. The molecule has 1 unspecified atom stereocenters. The van der Waals surface area contributed by atoms with Gasteiger partial charge in [0.25, 0.3) is 0 Å². The molecular formula is C27H33N3O5. The van der Waals surface area contributed by atoms with E-state index in [-0.39, 0.29) is 30.9 Å². The Kier molecular flexibility index (Phi) is 7.70. The number of carbonyl (C=O) groups excluding carboxylic acids is 2. The summed E-state index contributed by atoms with van der Waals surface area (Å²) in [7, 11) is 0. The van der Waals surface area contributed by atoms with Crippen molar-refractivity contribution in [3.8, 4) is 11.1 Å². The molecule has 1 fully saturated rings. The highest BCUT2D eigenvalue weighted by molar-refractivity contribution is 5.80. The summed E-state index contributed by atoms with van der Waals surface area (Å²) in [6.45, 7) is 5.83. The Morgan fingerprint density at radius 1 is 1.00 bits per heavy atom. The first-order valence-electron chi connectivity index (χ1n) is 12.2. The topological polar surface area (TPSA) is 99.2 Å². The van der Waals surface area contributed by atoms with Gasteiger partial charge >= 0.3 is 12.1 Å². The van der Waals surface area contributed by atoms with Crippen molar-refractivity contribution in [3.63, 3.8) is 0 Å². The number of hydrogen-bond donors (Lipinski definition) is 2. The molecule has 2 aliphatic rings. The first-order valence-corrected chi connectivity index (χ1v) is 12.2. The van der Waals surface area contributed by atoms with Crippen LogP contribution < -0.4 is 5.32 Å². The number of fused-ring (bicyclic) bond motifs is 3. The molecular weight excluding hydrogens is 446 g/mol. The largest absolute Gasteiger partial charge is 0.480 e. The predicted octanol–water partition coefficient (Wildman–Crippen LogP) is 3.31. The lowest BCUT2D eigenvalue weighted by atomic mass is 9.98. The fourth-order valence-electron chi connectivity index (χ4n) is 4.96. The van der Waals surface area contributed by atoms with Crippen LogP contribution in [-0.4, -0.2) is 77.7 Å². The fourth-order valence-corrected chi connectivity index (χ4v) is 4.96. The second kappa shape index (κ2) is 10.9. The summed E-state index contributed by atoms with van der Waals surface area (Å²) in [6, 6.07) is 15.5. The molecule has 8 heteroatoms. The standard InChI is InChI=1S/C27H33N3O5/c1-3-19(16-25(31)30-14-12-29(13-15-30)18(2)26(32)33)28-27(34)35-17-24-22-10-6-4-8-20(22)21-9-5-7-11-23(21)24/h4-11,18-19,24H,3,12-17H2,1-2H3,(H,28,34)(H,32,33)/t18?,19-/m1/s1. The van der Waals surface area contributed by atoms with Crippen molar-refractivity contribution in [2.45, 2.75) is 44.7 Å². The lowest BCUT2D eigenvalue weighted by Gasteiger charge is -2.37. The molecule has 8 nitrogen and oxygen atoms in total. The van der Waals surface area contributed by atoms with Crippen molar-refractivity contribution < 1.29 is 24.2 Å². The van der Waals surface area contributed by atoms with Crippen molar-refractivity contribution in [1.82, 2.24) is 15.1 Å².